The standard InChI is InChI=1S/C55H111N5O4/c1-8-13-18-22-26-30-34-41-58(42-35-31-27-23-19-14-9-2)48-49-60(44-37-33-29-25-21-16-11-4)52-54(62)57(7)47-46-56(6)53(61)51-59(43-36-32-28-24-20-15-10-3)45-39-40-55(63)64-50-38-17-12-5/h8-52H2,1-7H3. The first-order valence-corrected chi connectivity index (χ1v) is 28.0. The first-order valence-electron chi connectivity index (χ1n) is 28.0. The molecule has 0 aromatic heterocycles. The third-order valence-corrected chi connectivity index (χ3v) is 13.3. The third-order valence-electron chi connectivity index (χ3n) is 13.3. The number of hydrogen-bond acceptors (Lipinski definition) is 7. The lowest BCUT2D eigenvalue weighted by molar-refractivity contribution is -0.144. The van der Waals surface area contributed by atoms with E-state index in [-0.39, 0.29) is 17.8 Å². The van der Waals surface area contributed by atoms with Gasteiger partial charge in [-0.3, -0.25) is 24.2 Å². The van der Waals surface area contributed by atoms with Gasteiger partial charge in [0.05, 0.1) is 19.7 Å². The Balaban J connectivity index is 5.37. The zero-order chi connectivity index (χ0) is 47.1. The van der Waals surface area contributed by atoms with Gasteiger partial charge < -0.3 is 19.4 Å². The largest absolute Gasteiger partial charge is 0.466 e. The molecular formula is C55H111N5O4. The number of carbonyl (C=O) groups excluding carboxylic acids is 3. The van der Waals surface area contributed by atoms with E-state index >= 15 is 0 Å². The second-order valence-electron chi connectivity index (χ2n) is 19.5. The molecule has 9 heteroatoms. The van der Waals surface area contributed by atoms with E-state index in [1.807, 2.05) is 19.0 Å². The minimum absolute atomic E-state index is 0.0773. The Morgan fingerprint density at radius 1 is 0.312 bits per heavy atom. The van der Waals surface area contributed by atoms with Crippen molar-refractivity contribution in [1.29, 1.82) is 0 Å². The van der Waals surface area contributed by atoms with Gasteiger partial charge >= 0.3 is 5.97 Å². The number of esters is 1. The fourth-order valence-corrected chi connectivity index (χ4v) is 8.56. The Hall–Kier alpha value is -1.71. The number of unbranched alkanes of at least 4 members (excludes halogenated alkanes) is 26. The average Bonchev–Trinajstić information content (AvgIpc) is 3.29. The fraction of sp³-hybridized carbons (Fsp3) is 0.945. The van der Waals surface area contributed by atoms with Crippen molar-refractivity contribution in [3.8, 4) is 0 Å². The Bertz CT molecular complexity index is 1010. The number of hydrogen-bond donors (Lipinski definition) is 0. The van der Waals surface area contributed by atoms with Crippen molar-refractivity contribution in [2.75, 3.05) is 92.7 Å². The van der Waals surface area contributed by atoms with Gasteiger partial charge in [0.2, 0.25) is 11.8 Å². The highest BCUT2D eigenvalue weighted by Crippen LogP contribution is 2.13. The summed E-state index contributed by atoms with van der Waals surface area (Å²) in [5, 5.41) is 0. The first kappa shape index (κ1) is 62.3. The molecule has 0 aliphatic heterocycles. The Kier molecular flexibility index (Phi) is 46.5. The van der Waals surface area contributed by atoms with Gasteiger partial charge in [-0.05, 0) is 71.2 Å². The number of carbonyl (C=O) groups is 3. The Labute approximate surface area is 399 Å². The smallest absolute Gasteiger partial charge is 0.305 e. The van der Waals surface area contributed by atoms with Crippen LogP contribution in [0, 0.1) is 0 Å². The maximum atomic E-state index is 13.8. The summed E-state index contributed by atoms with van der Waals surface area (Å²) in [6.07, 6.45) is 40.4. The minimum atomic E-state index is -0.131. The van der Waals surface area contributed by atoms with Crippen LogP contribution in [-0.4, -0.2) is 135 Å². The number of nitrogens with zero attached hydrogens (tertiary/aromatic N) is 5. The van der Waals surface area contributed by atoms with Crippen LogP contribution in [-0.2, 0) is 19.1 Å². The monoisotopic (exact) mass is 906 g/mol. The topological polar surface area (TPSA) is 76.6 Å². The van der Waals surface area contributed by atoms with Crippen molar-refractivity contribution >= 4 is 17.8 Å². The number of rotatable bonds is 50. The molecule has 0 unspecified atom stereocenters. The first-order chi connectivity index (χ1) is 31.2. The van der Waals surface area contributed by atoms with Crippen molar-refractivity contribution in [3.63, 3.8) is 0 Å². The maximum absolute atomic E-state index is 13.8. The summed E-state index contributed by atoms with van der Waals surface area (Å²) in [6.45, 7) is 20.4. The summed E-state index contributed by atoms with van der Waals surface area (Å²) in [6, 6.07) is 0. The minimum Gasteiger partial charge on any atom is -0.466 e. The predicted molar refractivity (Wildman–Crippen MR) is 276 cm³/mol. The molecule has 380 valence electrons. The molecule has 0 radical (unpaired) electrons. The molecule has 0 aliphatic carbocycles. The van der Waals surface area contributed by atoms with E-state index in [0.29, 0.717) is 52.2 Å². The molecule has 64 heavy (non-hydrogen) atoms. The molecule has 0 aromatic rings. The van der Waals surface area contributed by atoms with E-state index in [9.17, 15) is 14.4 Å². The molecule has 0 saturated carbocycles. The molecule has 0 atom stereocenters. The van der Waals surface area contributed by atoms with Crippen molar-refractivity contribution in [1.82, 2.24) is 24.5 Å². The lowest BCUT2D eigenvalue weighted by atomic mass is 10.1. The Morgan fingerprint density at radius 3 is 0.969 bits per heavy atom. The van der Waals surface area contributed by atoms with Gasteiger partial charge in [-0.25, -0.2) is 0 Å². The quantitative estimate of drug-likeness (QED) is 0.0444. The van der Waals surface area contributed by atoms with Crippen LogP contribution in [0.3, 0.4) is 0 Å². The molecule has 0 aliphatic rings. The van der Waals surface area contributed by atoms with Crippen LogP contribution in [0.2, 0.25) is 0 Å². The summed E-state index contributed by atoms with van der Waals surface area (Å²) in [5.74, 6) is 0.0959. The molecule has 0 aromatic carbocycles. The van der Waals surface area contributed by atoms with Crippen LogP contribution in [0.4, 0.5) is 0 Å². The van der Waals surface area contributed by atoms with E-state index in [0.717, 1.165) is 58.3 Å². The summed E-state index contributed by atoms with van der Waals surface area (Å²) in [5.41, 5.74) is 0. The molecule has 0 N–H and O–H groups in total. The lowest BCUT2D eigenvalue weighted by Crippen LogP contribution is -2.45. The zero-order valence-corrected chi connectivity index (χ0v) is 44.2. The number of ether oxygens (including phenoxy) is 1. The molecule has 0 fully saturated rings. The van der Waals surface area contributed by atoms with E-state index < -0.39 is 0 Å². The molecular weight excluding hydrogens is 795 g/mol. The summed E-state index contributed by atoms with van der Waals surface area (Å²) >= 11 is 0. The van der Waals surface area contributed by atoms with E-state index in [4.69, 9.17) is 4.74 Å². The van der Waals surface area contributed by atoms with E-state index in [1.165, 1.54) is 180 Å². The third kappa shape index (κ3) is 40.6. The Morgan fingerprint density at radius 2 is 0.594 bits per heavy atom. The van der Waals surface area contributed by atoms with Crippen molar-refractivity contribution in [2.24, 2.45) is 0 Å². The predicted octanol–water partition coefficient (Wildman–Crippen LogP) is 13.3. The second-order valence-corrected chi connectivity index (χ2v) is 19.5. The van der Waals surface area contributed by atoms with Crippen LogP contribution < -0.4 is 0 Å². The molecule has 0 bridgehead atoms. The van der Waals surface area contributed by atoms with Gasteiger partial charge in [0.15, 0.2) is 0 Å². The van der Waals surface area contributed by atoms with Gasteiger partial charge in [-0.15, -0.1) is 0 Å². The van der Waals surface area contributed by atoms with Crippen LogP contribution in [0.25, 0.3) is 0 Å². The zero-order valence-electron chi connectivity index (χ0n) is 44.2. The molecule has 0 saturated heterocycles. The van der Waals surface area contributed by atoms with E-state index in [2.05, 4.69) is 49.3 Å². The van der Waals surface area contributed by atoms with Crippen LogP contribution in [0.1, 0.15) is 247 Å². The molecule has 0 spiro atoms. The van der Waals surface area contributed by atoms with Gasteiger partial charge in [-0.2, -0.15) is 0 Å². The van der Waals surface area contributed by atoms with Crippen LogP contribution in [0.5, 0.6) is 0 Å². The van der Waals surface area contributed by atoms with Crippen molar-refractivity contribution < 1.29 is 19.1 Å². The van der Waals surface area contributed by atoms with Gasteiger partial charge in [-0.1, -0.05) is 202 Å². The highest BCUT2D eigenvalue weighted by molar-refractivity contribution is 5.79. The summed E-state index contributed by atoms with van der Waals surface area (Å²) < 4.78 is 5.44. The molecule has 2 amide bonds. The van der Waals surface area contributed by atoms with Gasteiger partial charge in [0.1, 0.15) is 0 Å². The van der Waals surface area contributed by atoms with Gasteiger partial charge in [0.25, 0.3) is 0 Å². The SMILES string of the molecule is CCCCCCCCCN(CCCCCCCCC)CCN(CCCCCCCCC)CC(=O)N(C)CCN(C)C(=O)CN(CCCCCCCCC)CCCC(=O)OCCCCC. The average molecular weight is 907 g/mol. The molecule has 9 nitrogen and oxygen atoms in total. The normalized spacial score (nSPS) is 11.7. The van der Waals surface area contributed by atoms with Crippen LogP contribution in [0.15, 0.2) is 0 Å². The molecule has 0 rings (SSSR count). The summed E-state index contributed by atoms with van der Waals surface area (Å²) in [7, 11) is 3.78. The van der Waals surface area contributed by atoms with Gasteiger partial charge in [0, 0.05) is 46.7 Å². The maximum Gasteiger partial charge on any atom is 0.305 e. The second kappa shape index (κ2) is 47.8. The van der Waals surface area contributed by atoms with Crippen molar-refractivity contribution in [3.05, 3.63) is 0 Å². The lowest BCUT2D eigenvalue weighted by Gasteiger charge is -2.30. The van der Waals surface area contributed by atoms with Crippen LogP contribution >= 0.6 is 0 Å². The summed E-state index contributed by atoms with van der Waals surface area (Å²) in [4.78, 5) is 50.8. The highest BCUT2D eigenvalue weighted by Gasteiger charge is 2.19. The van der Waals surface area contributed by atoms with E-state index in [1.54, 1.807) is 4.90 Å². The molecule has 0 heterocycles. The van der Waals surface area contributed by atoms with Crippen molar-refractivity contribution in [2.45, 2.75) is 247 Å². The fourth-order valence-electron chi connectivity index (χ4n) is 8.56. The highest BCUT2D eigenvalue weighted by atomic mass is 16.5. The number of amides is 2. The number of likely N-dealkylation sites (N-methyl/N-ethyl adjacent to an activating group) is 2.